The molecule has 3 heterocycles. The molecule has 1 aliphatic rings. The molecule has 1 saturated heterocycles. The molecule has 0 aromatic carbocycles. The highest BCUT2D eigenvalue weighted by molar-refractivity contribution is 5.91. The molecule has 1 fully saturated rings. The van der Waals surface area contributed by atoms with Crippen molar-refractivity contribution in [3.63, 3.8) is 0 Å². The molecule has 2 N–H and O–H groups in total. The van der Waals surface area contributed by atoms with E-state index in [0.29, 0.717) is 6.54 Å². The monoisotopic (exact) mass is 362 g/mol. The van der Waals surface area contributed by atoms with Crippen molar-refractivity contribution in [2.24, 2.45) is 14.1 Å². The first-order chi connectivity index (χ1) is 12.5. The minimum atomic E-state index is -0.606. The van der Waals surface area contributed by atoms with Crippen LogP contribution in [0.1, 0.15) is 17.0 Å². The van der Waals surface area contributed by atoms with Crippen LogP contribution in [-0.4, -0.2) is 74.4 Å². The van der Waals surface area contributed by atoms with Crippen molar-refractivity contribution in [2.75, 3.05) is 39.3 Å². The second-order valence-corrected chi connectivity index (χ2v) is 6.21. The first-order valence-corrected chi connectivity index (χ1v) is 8.50. The maximum atomic E-state index is 12.2. The summed E-state index contributed by atoms with van der Waals surface area (Å²) in [6.45, 7) is 5.37. The Morgan fingerprint density at radius 3 is 2.62 bits per heavy atom. The topological polar surface area (TPSA) is 127 Å². The van der Waals surface area contributed by atoms with Gasteiger partial charge in [0.05, 0.1) is 0 Å². The van der Waals surface area contributed by atoms with Gasteiger partial charge in [0.15, 0.2) is 11.2 Å². The average Bonchev–Trinajstić information content (AvgIpc) is 2.68. The van der Waals surface area contributed by atoms with Gasteiger partial charge in [0.1, 0.15) is 0 Å². The molecule has 11 heteroatoms. The first kappa shape index (κ1) is 18.1. The summed E-state index contributed by atoms with van der Waals surface area (Å²) in [6, 6.07) is 0. The van der Waals surface area contributed by atoms with E-state index in [1.807, 2.05) is 0 Å². The van der Waals surface area contributed by atoms with Gasteiger partial charge in [0.25, 0.3) is 11.5 Å². The highest BCUT2D eigenvalue weighted by Crippen LogP contribution is 2.00. The molecule has 0 bridgehead atoms. The third-order valence-corrected chi connectivity index (χ3v) is 4.42. The van der Waals surface area contributed by atoms with Crippen molar-refractivity contribution >= 4 is 17.1 Å². The zero-order valence-corrected chi connectivity index (χ0v) is 14.9. The zero-order valence-electron chi connectivity index (χ0n) is 14.9. The van der Waals surface area contributed by atoms with Crippen LogP contribution in [0.4, 0.5) is 0 Å². The van der Waals surface area contributed by atoms with Gasteiger partial charge in [0.2, 0.25) is 5.82 Å². The lowest BCUT2D eigenvalue weighted by atomic mass is 10.3. The van der Waals surface area contributed by atoms with Crippen molar-refractivity contribution in [3.8, 4) is 0 Å². The molecule has 1 amide bonds. The van der Waals surface area contributed by atoms with Crippen LogP contribution in [0.5, 0.6) is 0 Å². The van der Waals surface area contributed by atoms with Crippen LogP contribution in [0, 0.1) is 0 Å². The molecule has 1 aliphatic heterocycles. The highest BCUT2D eigenvalue weighted by atomic mass is 16.2. The van der Waals surface area contributed by atoms with E-state index < -0.39 is 17.2 Å². The summed E-state index contributed by atoms with van der Waals surface area (Å²) in [5.41, 5.74) is -1.14. The normalized spacial score (nSPS) is 15.3. The molecule has 0 radical (unpaired) electrons. The molecule has 0 atom stereocenters. The number of amides is 1. The molecule has 0 saturated carbocycles. The molecule has 26 heavy (non-hydrogen) atoms. The van der Waals surface area contributed by atoms with Crippen molar-refractivity contribution in [1.82, 2.24) is 39.8 Å². The van der Waals surface area contributed by atoms with Crippen LogP contribution in [-0.2, 0) is 14.1 Å². The highest BCUT2D eigenvalue weighted by Gasteiger charge is 2.16. The Morgan fingerprint density at radius 1 is 1.15 bits per heavy atom. The van der Waals surface area contributed by atoms with E-state index in [1.54, 1.807) is 0 Å². The molecule has 140 valence electrons. The summed E-state index contributed by atoms with van der Waals surface area (Å²) in [4.78, 5) is 42.6. The van der Waals surface area contributed by atoms with E-state index in [-0.39, 0.29) is 17.0 Å². The van der Waals surface area contributed by atoms with Gasteiger partial charge in [0, 0.05) is 46.8 Å². The predicted octanol–water partition coefficient (Wildman–Crippen LogP) is -2.55. The van der Waals surface area contributed by atoms with Gasteiger partial charge in [-0.15, -0.1) is 10.2 Å². The van der Waals surface area contributed by atoms with Gasteiger partial charge in [-0.05, 0) is 13.0 Å². The minimum absolute atomic E-state index is 0.0494. The Kier molecular flexibility index (Phi) is 5.38. The maximum absolute atomic E-state index is 12.2. The number of aryl methyl sites for hydroxylation is 1. The van der Waals surface area contributed by atoms with Gasteiger partial charge in [-0.25, -0.2) is 9.78 Å². The maximum Gasteiger partial charge on any atom is 0.332 e. The van der Waals surface area contributed by atoms with Gasteiger partial charge in [-0.3, -0.25) is 18.7 Å². The number of piperazine rings is 1. The molecule has 2 aromatic heterocycles. The molecule has 0 spiro atoms. The lowest BCUT2D eigenvalue weighted by molar-refractivity contribution is 0.0940. The molecule has 0 unspecified atom stereocenters. The number of fused-ring (bicyclic) bond motifs is 1. The minimum Gasteiger partial charge on any atom is -0.349 e. The van der Waals surface area contributed by atoms with Crippen LogP contribution in [0.15, 0.2) is 9.59 Å². The second-order valence-electron chi connectivity index (χ2n) is 6.21. The summed E-state index contributed by atoms with van der Waals surface area (Å²) in [6.07, 6.45) is 0.809. The number of carbonyl (C=O) groups excluding carboxylic acids is 1. The smallest absolute Gasteiger partial charge is 0.332 e. The fraction of sp³-hybridized carbons (Fsp3) is 0.600. The van der Waals surface area contributed by atoms with E-state index >= 15 is 0 Å². The average molecular weight is 362 g/mol. The van der Waals surface area contributed by atoms with E-state index in [2.05, 4.69) is 30.7 Å². The van der Waals surface area contributed by atoms with Crippen molar-refractivity contribution in [1.29, 1.82) is 0 Å². The molecule has 11 nitrogen and oxygen atoms in total. The number of carbonyl (C=O) groups is 1. The summed E-state index contributed by atoms with van der Waals surface area (Å²) in [5, 5.41) is 13.6. The first-order valence-electron chi connectivity index (χ1n) is 8.50. The number of aromatic nitrogens is 5. The Hall–Kier alpha value is -2.66. The van der Waals surface area contributed by atoms with E-state index in [4.69, 9.17) is 0 Å². The number of hydrogen-bond donors (Lipinski definition) is 2. The van der Waals surface area contributed by atoms with E-state index in [1.165, 1.54) is 18.7 Å². The van der Waals surface area contributed by atoms with E-state index in [0.717, 1.165) is 43.7 Å². The molecule has 3 rings (SSSR count). The molecule has 2 aromatic rings. The predicted molar refractivity (Wildman–Crippen MR) is 94.1 cm³/mol. The number of hydrogen-bond acceptors (Lipinski definition) is 8. The molecular weight excluding hydrogens is 340 g/mol. The number of nitrogens with zero attached hydrogens (tertiary/aromatic N) is 6. The Bertz CT molecular complexity index is 929. The molecular formula is C15H22N8O3. The van der Waals surface area contributed by atoms with Gasteiger partial charge >= 0.3 is 5.69 Å². The molecule has 0 aliphatic carbocycles. The Labute approximate surface area is 149 Å². The SMILES string of the molecule is Cn1c(=O)c2nc(C(=O)NCCCN3CCNCC3)nnc2n(C)c1=O. The summed E-state index contributed by atoms with van der Waals surface area (Å²) in [5.74, 6) is -0.675. The quantitative estimate of drug-likeness (QED) is 0.557. The number of nitrogens with one attached hydrogen (secondary N) is 2. The standard InChI is InChI=1S/C15H22N8O3/c1-21-12-10(14(25)22(2)15(21)26)18-11(19-20-12)13(24)17-4-3-7-23-8-5-16-6-9-23/h16H,3-9H2,1-2H3,(H,17,24). The van der Waals surface area contributed by atoms with Crippen LogP contribution < -0.4 is 21.9 Å². The zero-order chi connectivity index (χ0) is 18.7. The van der Waals surface area contributed by atoms with Crippen LogP contribution >= 0.6 is 0 Å². The largest absolute Gasteiger partial charge is 0.349 e. The van der Waals surface area contributed by atoms with Crippen LogP contribution in [0.2, 0.25) is 0 Å². The Morgan fingerprint density at radius 2 is 1.88 bits per heavy atom. The van der Waals surface area contributed by atoms with Gasteiger partial charge < -0.3 is 15.5 Å². The Balaban J connectivity index is 1.67. The number of rotatable bonds is 5. The van der Waals surface area contributed by atoms with Crippen molar-refractivity contribution < 1.29 is 4.79 Å². The van der Waals surface area contributed by atoms with Gasteiger partial charge in [-0.2, -0.15) is 0 Å². The van der Waals surface area contributed by atoms with Crippen molar-refractivity contribution in [2.45, 2.75) is 6.42 Å². The lowest BCUT2D eigenvalue weighted by Crippen LogP contribution is -2.44. The second kappa shape index (κ2) is 7.70. The summed E-state index contributed by atoms with van der Waals surface area (Å²) < 4.78 is 2.10. The van der Waals surface area contributed by atoms with Crippen LogP contribution in [0.3, 0.4) is 0 Å². The summed E-state index contributed by atoms with van der Waals surface area (Å²) >= 11 is 0. The third-order valence-electron chi connectivity index (χ3n) is 4.42. The van der Waals surface area contributed by atoms with E-state index in [9.17, 15) is 14.4 Å². The lowest BCUT2D eigenvalue weighted by Gasteiger charge is -2.26. The van der Waals surface area contributed by atoms with Crippen molar-refractivity contribution in [3.05, 3.63) is 26.7 Å². The fourth-order valence-electron chi connectivity index (χ4n) is 2.87. The van der Waals surface area contributed by atoms with Crippen LogP contribution in [0.25, 0.3) is 11.2 Å². The fourth-order valence-corrected chi connectivity index (χ4v) is 2.87. The van der Waals surface area contributed by atoms with Gasteiger partial charge in [-0.1, -0.05) is 0 Å². The third kappa shape index (κ3) is 3.63. The summed E-state index contributed by atoms with van der Waals surface area (Å²) in [7, 11) is 2.82.